The molecule has 1 heteroatoms. The van der Waals surface area contributed by atoms with E-state index in [0.29, 0.717) is 0 Å². The number of hydrogen-bond donors (Lipinski definition) is 0. The minimum absolute atomic E-state index is 1.17. The first-order valence-corrected chi connectivity index (χ1v) is 6.02. The quantitative estimate of drug-likeness (QED) is 0.650. The van der Waals surface area contributed by atoms with Gasteiger partial charge in [0.15, 0.2) is 0 Å². The summed E-state index contributed by atoms with van der Waals surface area (Å²) in [6.07, 6.45) is 6.82. The summed E-state index contributed by atoms with van der Waals surface area (Å²) in [5.41, 5.74) is 2.86. The molecule has 0 N–H and O–H groups in total. The Labute approximate surface area is 97.7 Å². The van der Waals surface area contributed by atoms with Crippen molar-refractivity contribution < 1.29 is 0 Å². The van der Waals surface area contributed by atoms with E-state index in [4.69, 9.17) is 0 Å². The van der Waals surface area contributed by atoms with Crippen molar-refractivity contribution in [3.05, 3.63) is 52.0 Å². The monoisotopic (exact) mass is 258 g/mol. The van der Waals surface area contributed by atoms with Crippen molar-refractivity contribution >= 4 is 32.8 Å². The topological polar surface area (TPSA) is 0 Å². The normalized spacial score (nSPS) is 14.2. The van der Waals surface area contributed by atoms with Crippen LogP contribution < -0.4 is 0 Å². The second kappa shape index (κ2) is 3.49. The molecule has 0 saturated carbocycles. The van der Waals surface area contributed by atoms with Crippen LogP contribution in [0.25, 0.3) is 16.8 Å². The molecule has 0 fully saturated rings. The van der Waals surface area contributed by atoms with Gasteiger partial charge in [-0.1, -0.05) is 52.3 Å². The highest BCUT2D eigenvalue weighted by atomic mass is 79.9. The van der Waals surface area contributed by atoms with E-state index in [-0.39, 0.29) is 0 Å². The van der Waals surface area contributed by atoms with Crippen molar-refractivity contribution in [2.45, 2.75) is 12.8 Å². The van der Waals surface area contributed by atoms with Crippen LogP contribution in [0.15, 0.2) is 40.9 Å². The third-order valence-corrected chi connectivity index (χ3v) is 3.65. The second-order valence-corrected chi connectivity index (χ2v) is 4.77. The number of fused-ring (bicyclic) bond motifs is 3. The lowest BCUT2D eigenvalue weighted by Gasteiger charge is -2.14. The lowest BCUT2D eigenvalue weighted by molar-refractivity contribution is 0.997. The Kier molecular flexibility index (Phi) is 2.14. The van der Waals surface area contributed by atoms with Gasteiger partial charge in [0.25, 0.3) is 0 Å². The maximum Gasteiger partial charge on any atom is 0.0259 e. The van der Waals surface area contributed by atoms with Gasteiger partial charge in [-0.25, -0.2) is 0 Å². The summed E-state index contributed by atoms with van der Waals surface area (Å²) < 4.78 is 1.20. The van der Waals surface area contributed by atoms with E-state index < -0.39 is 0 Å². The van der Waals surface area contributed by atoms with Crippen molar-refractivity contribution in [1.82, 2.24) is 0 Å². The average Bonchev–Trinajstić information content (AvgIpc) is 2.30. The Balaban J connectivity index is 2.45. The molecule has 0 atom stereocenters. The fourth-order valence-corrected chi connectivity index (χ4v) is 2.87. The summed E-state index contributed by atoms with van der Waals surface area (Å²) in [5.74, 6) is 0. The number of halogens is 1. The molecule has 1 aliphatic rings. The lowest BCUT2D eigenvalue weighted by atomic mass is 9.92. The van der Waals surface area contributed by atoms with Crippen molar-refractivity contribution in [3.8, 4) is 0 Å². The molecule has 0 aliphatic heterocycles. The summed E-state index contributed by atoms with van der Waals surface area (Å²) >= 11 is 3.64. The van der Waals surface area contributed by atoms with Gasteiger partial charge in [0.05, 0.1) is 0 Å². The summed E-state index contributed by atoms with van der Waals surface area (Å²) in [5, 5.41) is 2.72. The van der Waals surface area contributed by atoms with Crippen LogP contribution >= 0.6 is 15.9 Å². The van der Waals surface area contributed by atoms with Gasteiger partial charge < -0.3 is 0 Å². The molecular weight excluding hydrogens is 248 g/mol. The van der Waals surface area contributed by atoms with Crippen LogP contribution in [0.1, 0.15) is 17.5 Å². The molecular formula is C14H11Br. The highest BCUT2D eigenvalue weighted by Gasteiger charge is 2.10. The highest BCUT2D eigenvalue weighted by molar-refractivity contribution is 9.10. The molecule has 0 amide bonds. The highest BCUT2D eigenvalue weighted by Crippen LogP contribution is 2.33. The molecule has 1 aliphatic carbocycles. The van der Waals surface area contributed by atoms with E-state index in [1.165, 1.54) is 39.2 Å². The van der Waals surface area contributed by atoms with Gasteiger partial charge in [0, 0.05) is 4.47 Å². The van der Waals surface area contributed by atoms with E-state index in [1.807, 2.05) is 0 Å². The van der Waals surface area contributed by atoms with E-state index in [0.717, 1.165) is 0 Å². The first-order valence-electron chi connectivity index (χ1n) is 5.23. The van der Waals surface area contributed by atoms with Crippen LogP contribution in [0.4, 0.5) is 0 Å². The summed E-state index contributed by atoms with van der Waals surface area (Å²) in [6.45, 7) is 0. The van der Waals surface area contributed by atoms with Gasteiger partial charge >= 0.3 is 0 Å². The van der Waals surface area contributed by atoms with Gasteiger partial charge in [0.2, 0.25) is 0 Å². The Hall–Kier alpha value is -1.08. The molecule has 15 heavy (non-hydrogen) atoms. The number of rotatable bonds is 0. The fourth-order valence-electron chi connectivity index (χ4n) is 2.28. The zero-order valence-electron chi connectivity index (χ0n) is 8.33. The maximum atomic E-state index is 3.64. The zero-order valence-corrected chi connectivity index (χ0v) is 9.92. The first kappa shape index (κ1) is 9.17. The SMILES string of the molecule is Brc1cc2c(c3ccccc13)CCC=C2. The van der Waals surface area contributed by atoms with Gasteiger partial charge in [-0.2, -0.15) is 0 Å². The van der Waals surface area contributed by atoms with Crippen LogP contribution in [0.3, 0.4) is 0 Å². The predicted octanol–water partition coefficient (Wildman–Crippen LogP) is 4.56. The smallest absolute Gasteiger partial charge is 0.0259 e. The van der Waals surface area contributed by atoms with Crippen molar-refractivity contribution in [3.63, 3.8) is 0 Å². The molecule has 0 spiro atoms. The molecule has 0 radical (unpaired) electrons. The molecule has 0 saturated heterocycles. The van der Waals surface area contributed by atoms with Crippen LogP contribution in [0.2, 0.25) is 0 Å². The zero-order chi connectivity index (χ0) is 10.3. The van der Waals surface area contributed by atoms with Crippen molar-refractivity contribution in [1.29, 1.82) is 0 Å². The number of aryl methyl sites for hydroxylation is 1. The molecule has 2 aromatic carbocycles. The lowest BCUT2D eigenvalue weighted by Crippen LogP contribution is -1.95. The number of hydrogen-bond acceptors (Lipinski definition) is 0. The van der Waals surface area contributed by atoms with E-state index in [9.17, 15) is 0 Å². The Bertz CT molecular complexity index is 553. The summed E-state index contributed by atoms with van der Waals surface area (Å²) in [4.78, 5) is 0. The van der Waals surface area contributed by atoms with Gasteiger partial charge in [-0.15, -0.1) is 0 Å². The predicted molar refractivity (Wildman–Crippen MR) is 69.0 cm³/mol. The van der Waals surface area contributed by atoms with E-state index >= 15 is 0 Å². The largest absolute Gasteiger partial charge is 0.0836 e. The van der Waals surface area contributed by atoms with Crippen LogP contribution in [0, 0.1) is 0 Å². The molecule has 74 valence electrons. The maximum absolute atomic E-state index is 3.64. The molecule has 0 unspecified atom stereocenters. The molecule has 0 bridgehead atoms. The standard InChI is InChI=1S/C14H11Br/c15-14-9-10-5-1-2-6-11(10)12-7-3-4-8-13(12)14/h1,3-5,7-9H,2,6H2. The Morgan fingerprint density at radius 2 is 1.87 bits per heavy atom. The Morgan fingerprint density at radius 1 is 1.07 bits per heavy atom. The minimum atomic E-state index is 1.17. The minimum Gasteiger partial charge on any atom is -0.0836 e. The first-order chi connectivity index (χ1) is 7.36. The average molecular weight is 259 g/mol. The van der Waals surface area contributed by atoms with Gasteiger partial charge in [-0.05, 0) is 40.8 Å². The van der Waals surface area contributed by atoms with Crippen LogP contribution in [-0.4, -0.2) is 0 Å². The third kappa shape index (κ3) is 1.42. The Morgan fingerprint density at radius 3 is 2.73 bits per heavy atom. The van der Waals surface area contributed by atoms with Gasteiger partial charge in [-0.3, -0.25) is 0 Å². The second-order valence-electron chi connectivity index (χ2n) is 3.91. The molecule has 2 aromatic rings. The molecule has 0 aromatic heterocycles. The molecule has 3 rings (SSSR count). The fraction of sp³-hybridized carbons (Fsp3) is 0.143. The third-order valence-electron chi connectivity index (χ3n) is 3.00. The summed E-state index contributed by atoms with van der Waals surface area (Å²) in [7, 11) is 0. The molecule has 0 heterocycles. The van der Waals surface area contributed by atoms with E-state index in [1.54, 1.807) is 0 Å². The molecule has 0 nitrogen and oxygen atoms in total. The van der Waals surface area contributed by atoms with Crippen molar-refractivity contribution in [2.24, 2.45) is 0 Å². The number of allylic oxidation sites excluding steroid dienone is 1. The van der Waals surface area contributed by atoms with Crippen molar-refractivity contribution in [2.75, 3.05) is 0 Å². The van der Waals surface area contributed by atoms with Gasteiger partial charge in [0.1, 0.15) is 0 Å². The van der Waals surface area contributed by atoms with E-state index in [2.05, 4.69) is 58.4 Å². The van der Waals surface area contributed by atoms with Crippen LogP contribution in [-0.2, 0) is 6.42 Å². The number of benzene rings is 2. The summed E-state index contributed by atoms with van der Waals surface area (Å²) in [6, 6.07) is 10.8. The van der Waals surface area contributed by atoms with Crippen LogP contribution in [0.5, 0.6) is 0 Å².